The lowest BCUT2D eigenvalue weighted by Gasteiger charge is -2.35. The molecule has 1 aromatic carbocycles. The Balaban J connectivity index is 0.00000186. The average molecular weight is 525 g/mol. The third-order valence-corrected chi connectivity index (χ3v) is 7.06. The van der Waals surface area contributed by atoms with Gasteiger partial charge in [-0.1, -0.05) is 19.9 Å². The van der Waals surface area contributed by atoms with Crippen LogP contribution in [0.3, 0.4) is 0 Å². The highest BCUT2D eigenvalue weighted by Crippen LogP contribution is 2.39. The van der Waals surface area contributed by atoms with Gasteiger partial charge in [0.05, 0.1) is 22.9 Å². The first kappa shape index (κ1) is 29.0. The number of hydrogen-bond donors (Lipinski definition) is 1. The highest BCUT2D eigenvalue weighted by molar-refractivity contribution is 5.84. The molecule has 4 rings (SSSR count). The van der Waals surface area contributed by atoms with E-state index in [-0.39, 0.29) is 35.3 Å². The fourth-order valence-electron chi connectivity index (χ4n) is 5.27. The molecular weight excluding hydrogens is 487 g/mol. The van der Waals surface area contributed by atoms with E-state index in [2.05, 4.69) is 22.2 Å². The Morgan fingerprint density at radius 2 is 1.81 bits per heavy atom. The summed E-state index contributed by atoms with van der Waals surface area (Å²) in [5.74, 6) is 0.159. The molecule has 2 aromatic heterocycles. The number of nitrogens with one attached hydrogen (secondary N) is 1. The Labute approximate surface area is 215 Å². The number of aromatic nitrogens is 3. The molecule has 0 radical (unpaired) electrons. The number of halogens is 5. The molecule has 4 nitrogen and oxygen atoms in total. The number of aryl methyl sites for hydroxylation is 2. The molecule has 0 aliphatic carbocycles. The second-order valence-corrected chi connectivity index (χ2v) is 9.94. The summed E-state index contributed by atoms with van der Waals surface area (Å²) in [6.45, 7) is 11.6. The van der Waals surface area contributed by atoms with Crippen LogP contribution >= 0.6 is 0 Å². The van der Waals surface area contributed by atoms with Crippen molar-refractivity contribution in [2.45, 2.75) is 104 Å². The van der Waals surface area contributed by atoms with Gasteiger partial charge in [0, 0.05) is 24.3 Å². The molecule has 0 spiro atoms. The van der Waals surface area contributed by atoms with Crippen LogP contribution in [0.25, 0.3) is 11.0 Å². The number of pyridine rings is 1. The molecule has 3 aromatic rings. The van der Waals surface area contributed by atoms with Gasteiger partial charge in [0.2, 0.25) is 0 Å². The van der Waals surface area contributed by atoms with Crippen LogP contribution in [-0.4, -0.2) is 26.6 Å². The lowest BCUT2D eigenvalue weighted by atomic mass is 9.82. The molecule has 9 heteroatoms. The van der Waals surface area contributed by atoms with Crippen molar-refractivity contribution in [3.63, 3.8) is 0 Å². The van der Waals surface area contributed by atoms with Crippen molar-refractivity contribution in [2.75, 3.05) is 0 Å². The fourth-order valence-corrected chi connectivity index (χ4v) is 5.27. The summed E-state index contributed by atoms with van der Waals surface area (Å²) >= 11 is 0. The second-order valence-electron chi connectivity index (χ2n) is 9.94. The number of benzene rings is 1. The Hall–Kier alpha value is -2.55. The monoisotopic (exact) mass is 524 g/mol. The van der Waals surface area contributed by atoms with Crippen molar-refractivity contribution in [1.82, 2.24) is 19.9 Å². The maximum atomic E-state index is 14.0. The molecular formula is C28H37F5N4. The summed E-state index contributed by atoms with van der Waals surface area (Å²) < 4.78 is 69.3. The number of hydrogen-bond acceptors (Lipinski definition) is 3. The minimum atomic E-state index is -4.48. The van der Waals surface area contributed by atoms with Crippen LogP contribution in [0.5, 0.6) is 0 Å². The van der Waals surface area contributed by atoms with Crippen molar-refractivity contribution in [1.29, 1.82) is 0 Å². The molecule has 204 valence electrons. The number of alkyl halides is 5. The van der Waals surface area contributed by atoms with E-state index in [4.69, 9.17) is 0 Å². The summed E-state index contributed by atoms with van der Waals surface area (Å²) in [5.41, 5.74) is 2.00. The molecule has 1 saturated heterocycles. The smallest absolute Gasteiger partial charge is 0.328 e. The van der Waals surface area contributed by atoms with Gasteiger partial charge in [0.1, 0.15) is 5.69 Å². The number of nitrogens with zero attached hydrogens (tertiary/aromatic N) is 3. The molecule has 3 unspecified atom stereocenters. The van der Waals surface area contributed by atoms with Crippen LogP contribution in [0.1, 0.15) is 100 Å². The highest BCUT2D eigenvalue weighted by Gasteiger charge is 2.36. The minimum Gasteiger partial charge on any atom is -0.328 e. The average Bonchev–Trinajstić information content (AvgIpc) is 3.30. The van der Waals surface area contributed by atoms with Gasteiger partial charge in [-0.05, 0) is 88.1 Å². The van der Waals surface area contributed by atoms with E-state index in [9.17, 15) is 22.0 Å². The van der Waals surface area contributed by atoms with Crippen LogP contribution in [0.15, 0.2) is 30.7 Å². The van der Waals surface area contributed by atoms with Gasteiger partial charge in [-0.15, -0.1) is 0 Å². The van der Waals surface area contributed by atoms with Crippen LogP contribution < -0.4 is 5.32 Å². The SMILES string of the molecule is CC.Cc1c(CCC2CC(c3ccc(C(F)F)nc3)CC(C)N2)cc(C(F)(F)F)c2c1ncn2C(C)C. The van der Waals surface area contributed by atoms with Gasteiger partial charge in [-0.3, -0.25) is 4.98 Å². The normalized spacial score (nSPS) is 20.4. The third-order valence-electron chi connectivity index (χ3n) is 7.06. The van der Waals surface area contributed by atoms with E-state index in [0.29, 0.717) is 23.9 Å². The molecule has 1 aliphatic heterocycles. The van der Waals surface area contributed by atoms with Gasteiger partial charge < -0.3 is 9.88 Å². The van der Waals surface area contributed by atoms with Gasteiger partial charge in [-0.2, -0.15) is 13.2 Å². The number of rotatable bonds is 6. The largest absolute Gasteiger partial charge is 0.418 e. The van der Waals surface area contributed by atoms with Crippen LogP contribution in [0.4, 0.5) is 22.0 Å². The van der Waals surface area contributed by atoms with E-state index in [1.807, 2.05) is 34.6 Å². The maximum absolute atomic E-state index is 14.0. The lowest BCUT2D eigenvalue weighted by Crippen LogP contribution is -2.43. The number of fused-ring (bicyclic) bond motifs is 1. The standard InChI is InChI=1S/C26H31F5N4.C2H6/c1-14(2)35-13-33-23-16(4)17(11-21(24(23)35)26(29,30)31)5-7-20-10-19(9-15(3)34-20)18-6-8-22(25(27)28)32-12-18;1-2/h6,8,11-15,19-20,25,34H,5,7,9-10H2,1-4H3;1-2H3. The molecule has 37 heavy (non-hydrogen) atoms. The molecule has 1 N–H and O–H groups in total. The Kier molecular flexibility index (Phi) is 9.32. The minimum absolute atomic E-state index is 0.0937. The summed E-state index contributed by atoms with van der Waals surface area (Å²) in [7, 11) is 0. The number of piperidine rings is 1. The van der Waals surface area contributed by atoms with Crippen molar-refractivity contribution in [3.8, 4) is 0 Å². The van der Waals surface area contributed by atoms with E-state index in [1.165, 1.54) is 24.7 Å². The van der Waals surface area contributed by atoms with Gasteiger partial charge >= 0.3 is 6.18 Å². The highest BCUT2D eigenvalue weighted by atomic mass is 19.4. The molecule has 3 atom stereocenters. The third kappa shape index (κ3) is 6.48. The first-order chi connectivity index (χ1) is 17.5. The van der Waals surface area contributed by atoms with Crippen LogP contribution in [-0.2, 0) is 12.6 Å². The molecule has 1 fully saturated rings. The summed E-state index contributed by atoms with van der Waals surface area (Å²) in [6.07, 6.45) is -1.29. The molecule has 3 heterocycles. The molecule has 0 amide bonds. The Bertz CT molecular complexity index is 1170. The first-order valence-electron chi connectivity index (χ1n) is 13.0. The predicted molar refractivity (Wildman–Crippen MR) is 137 cm³/mol. The molecule has 1 aliphatic rings. The van der Waals surface area contributed by atoms with Crippen LogP contribution in [0, 0.1) is 6.92 Å². The fraction of sp³-hybridized carbons (Fsp3) is 0.571. The van der Waals surface area contributed by atoms with Crippen molar-refractivity contribution in [2.24, 2.45) is 0 Å². The zero-order valence-electron chi connectivity index (χ0n) is 22.3. The van der Waals surface area contributed by atoms with Crippen molar-refractivity contribution >= 4 is 11.0 Å². The van der Waals surface area contributed by atoms with E-state index in [1.54, 1.807) is 10.6 Å². The van der Waals surface area contributed by atoms with E-state index in [0.717, 1.165) is 24.0 Å². The van der Waals surface area contributed by atoms with Crippen LogP contribution in [0.2, 0.25) is 0 Å². The summed E-state index contributed by atoms with van der Waals surface area (Å²) in [6, 6.07) is 4.53. The predicted octanol–water partition coefficient (Wildman–Crippen LogP) is 8.16. The first-order valence-corrected chi connectivity index (χ1v) is 13.0. The quantitative estimate of drug-likeness (QED) is 0.331. The van der Waals surface area contributed by atoms with Gasteiger partial charge in [0.15, 0.2) is 0 Å². The van der Waals surface area contributed by atoms with E-state index < -0.39 is 18.2 Å². The summed E-state index contributed by atoms with van der Waals surface area (Å²) in [5, 5.41) is 3.55. The summed E-state index contributed by atoms with van der Waals surface area (Å²) in [4.78, 5) is 8.24. The molecule has 0 saturated carbocycles. The zero-order valence-corrected chi connectivity index (χ0v) is 22.3. The molecule has 0 bridgehead atoms. The van der Waals surface area contributed by atoms with Crippen molar-refractivity contribution < 1.29 is 22.0 Å². The lowest BCUT2D eigenvalue weighted by molar-refractivity contribution is -0.136. The zero-order chi connectivity index (χ0) is 27.5. The second kappa shape index (κ2) is 11.9. The van der Waals surface area contributed by atoms with E-state index >= 15 is 0 Å². The topological polar surface area (TPSA) is 42.7 Å². The maximum Gasteiger partial charge on any atom is 0.418 e. The Morgan fingerprint density at radius 3 is 2.38 bits per heavy atom. The Morgan fingerprint density at radius 1 is 1.11 bits per heavy atom. The van der Waals surface area contributed by atoms with Gasteiger partial charge in [-0.25, -0.2) is 13.8 Å². The number of imidazole rings is 1. The van der Waals surface area contributed by atoms with Crippen molar-refractivity contribution in [3.05, 3.63) is 58.7 Å². The van der Waals surface area contributed by atoms with Gasteiger partial charge in [0.25, 0.3) is 6.43 Å².